The summed E-state index contributed by atoms with van der Waals surface area (Å²) in [5, 5.41) is 9.81. The molecule has 8 nitrogen and oxygen atoms in total. The molecule has 1 aromatic heterocycles. The number of sulfonamides is 1. The molecule has 1 amide bonds. The van der Waals surface area contributed by atoms with Crippen LogP contribution in [0.5, 0.6) is 0 Å². The first-order chi connectivity index (χ1) is 18.6. The molecule has 0 atom stereocenters. The number of carbonyl (C=O) groups is 2. The van der Waals surface area contributed by atoms with Crippen LogP contribution in [0.2, 0.25) is 10.0 Å². The number of furan rings is 1. The normalized spacial score (nSPS) is 11.3. The summed E-state index contributed by atoms with van der Waals surface area (Å²) in [7, 11) is -4.09. The van der Waals surface area contributed by atoms with E-state index in [1.54, 1.807) is 61.5 Å². The van der Waals surface area contributed by atoms with E-state index >= 15 is 0 Å². The number of halogens is 2. The lowest BCUT2D eigenvalue weighted by Gasteiger charge is -2.28. The Labute approximate surface area is 236 Å². The van der Waals surface area contributed by atoms with Crippen molar-refractivity contribution in [3.63, 3.8) is 0 Å². The zero-order valence-corrected chi connectivity index (χ0v) is 23.1. The first kappa shape index (κ1) is 28.2. The van der Waals surface area contributed by atoms with Crippen LogP contribution in [0.1, 0.15) is 39.0 Å². The molecule has 202 valence electrons. The van der Waals surface area contributed by atoms with Gasteiger partial charge in [0.2, 0.25) is 0 Å². The fourth-order valence-corrected chi connectivity index (χ4v) is 6.01. The third-order valence-electron chi connectivity index (χ3n) is 5.97. The van der Waals surface area contributed by atoms with Crippen molar-refractivity contribution in [2.45, 2.75) is 24.9 Å². The van der Waals surface area contributed by atoms with E-state index in [0.717, 1.165) is 0 Å². The fourth-order valence-electron chi connectivity index (χ4n) is 4.09. The SMILES string of the molecule is CCN(c1ccc(Cl)cc1CN(Cc1ccco1)C(=O)c1ccccc1Cl)S(=O)(=O)c1ccc(C(=O)O)cc1. The number of carbonyl (C=O) groups excluding carboxylic acids is 1. The van der Waals surface area contributed by atoms with Crippen LogP contribution in [0.25, 0.3) is 0 Å². The number of hydrogen-bond donors (Lipinski definition) is 1. The topological polar surface area (TPSA) is 108 Å². The molecule has 0 aliphatic heterocycles. The molecule has 0 fully saturated rings. The van der Waals surface area contributed by atoms with Gasteiger partial charge in [0.25, 0.3) is 15.9 Å². The van der Waals surface area contributed by atoms with Crippen LogP contribution in [0.15, 0.2) is 94.4 Å². The van der Waals surface area contributed by atoms with Gasteiger partial charge in [-0.1, -0.05) is 35.3 Å². The third kappa shape index (κ3) is 6.27. The van der Waals surface area contributed by atoms with Gasteiger partial charge in [0.05, 0.1) is 39.5 Å². The zero-order valence-electron chi connectivity index (χ0n) is 20.8. The average molecular weight is 587 g/mol. The molecule has 0 radical (unpaired) electrons. The Bertz CT molecular complexity index is 1590. The first-order valence-electron chi connectivity index (χ1n) is 11.8. The lowest BCUT2D eigenvalue weighted by atomic mass is 10.1. The van der Waals surface area contributed by atoms with Crippen LogP contribution in [0, 0.1) is 0 Å². The molecular formula is C28H24Cl2N2O6S. The van der Waals surface area contributed by atoms with Crippen LogP contribution in [-0.2, 0) is 23.1 Å². The molecule has 1 N–H and O–H groups in total. The highest BCUT2D eigenvalue weighted by molar-refractivity contribution is 7.92. The number of benzene rings is 3. The highest BCUT2D eigenvalue weighted by atomic mass is 35.5. The highest BCUT2D eigenvalue weighted by Gasteiger charge is 2.28. The van der Waals surface area contributed by atoms with Crippen molar-refractivity contribution in [2.24, 2.45) is 0 Å². The van der Waals surface area contributed by atoms with Crippen molar-refractivity contribution in [1.29, 1.82) is 0 Å². The standard InChI is InChI=1S/C28H24Cl2N2O6S/c1-2-32(39(36,37)23-12-9-19(10-13-23)28(34)35)26-14-11-21(29)16-20(26)17-31(18-22-6-5-15-38-22)27(33)24-7-3-4-8-25(24)30/h3-16H,2,17-18H2,1H3,(H,34,35). The molecule has 3 aromatic carbocycles. The fraction of sp³-hybridized carbons (Fsp3) is 0.143. The molecule has 0 aliphatic carbocycles. The molecule has 0 aliphatic rings. The van der Waals surface area contributed by atoms with Crippen molar-refractivity contribution < 1.29 is 27.5 Å². The van der Waals surface area contributed by atoms with E-state index in [2.05, 4.69) is 0 Å². The quantitative estimate of drug-likeness (QED) is 0.232. The molecule has 0 unspecified atom stereocenters. The van der Waals surface area contributed by atoms with Crippen molar-refractivity contribution in [3.05, 3.63) is 118 Å². The Balaban J connectivity index is 1.75. The van der Waals surface area contributed by atoms with Gasteiger partial charge in [-0.3, -0.25) is 9.10 Å². The van der Waals surface area contributed by atoms with E-state index in [1.165, 1.54) is 39.7 Å². The van der Waals surface area contributed by atoms with Crippen molar-refractivity contribution in [1.82, 2.24) is 4.90 Å². The Kier molecular flexibility index (Phi) is 8.64. The minimum atomic E-state index is -4.09. The van der Waals surface area contributed by atoms with Crippen LogP contribution in [-0.4, -0.2) is 36.8 Å². The number of carboxylic acid groups (broad SMARTS) is 1. The first-order valence-corrected chi connectivity index (χ1v) is 14.0. The van der Waals surface area contributed by atoms with Gasteiger partial charge < -0.3 is 14.4 Å². The van der Waals surface area contributed by atoms with Crippen molar-refractivity contribution in [3.8, 4) is 0 Å². The second-order valence-electron chi connectivity index (χ2n) is 8.49. The highest BCUT2D eigenvalue weighted by Crippen LogP contribution is 2.31. The minimum absolute atomic E-state index is 0.00930. The maximum absolute atomic E-state index is 13.7. The van der Waals surface area contributed by atoms with Crippen molar-refractivity contribution in [2.75, 3.05) is 10.8 Å². The maximum atomic E-state index is 13.7. The summed E-state index contributed by atoms with van der Waals surface area (Å²) in [6.07, 6.45) is 1.50. The number of aromatic carboxylic acids is 1. The van der Waals surface area contributed by atoms with Crippen LogP contribution >= 0.6 is 23.2 Å². The molecular weight excluding hydrogens is 563 g/mol. The summed E-state index contributed by atoms with van der Waals surface area (Å²) in [6.45, 7) is 1.83. The smallest absolute Gasteiger partial charge is 0.335 e. The van der Waals surface area contributed by atoms with Gasteiger partial charge in [-0.2, -0.15) is 0 Å². The van der Waals surface area contributed by atoms with Gasteiger partial charge in [-0.05, 0) is 79.2 Å². The summed E-state index contributed by atoms with van der Waals surface area (Å²) < 4.78 is 34.0. The number of hydrogen-bond acceptors (Lipinski definition) is 5. The van der Waals surface area contributed by atoms with Gasteiger partial charge in [-0.25, -0.2) is 13.2 Å². The molecule has 1 heterocycles. The largest absolute Gasteiger partial charge is 0.478 e. The Morgan fingerprint density at radius 1 is 0.923 bits per heavy atom. The predicted octanol–water partition coefficient (Wildman–Crippen LogP) is 6.34. The molecule has 4 rings (SSSR count). The monoisotopic (exact) mass is 586 g/mol. The van der Waals surface area contributed by atoms with Crippen LogP contribution < -0.4 is 4.31 Å². The predicted molar refractivity (Wildman–Crippen MR) is 149 cm³/mol. The van der Waals surface area contributed by atoms with E-state index in [0.29, 0.717) is 22.0 Å². The zero-order chi connectivity index (χ0) is 28.2. The number of anilines is 1. The molecule has 0 saturated heterocycles. The Hall–Kier alpha value is -3.79. The lowest BCUT2D eigenvalue weighted by molar-refractivity contribution is 0.0694. The van der Waals surface area contributed by atoms with E-state index in [-0.39, 0.29) is 46.6 Å². The third-order valence-corrected chi connectivity index (χ3v) is 8.43. The van der Waals surface area contributed by atoms with Gasteiger partial charge >= 0.3 is 5.97 Å². The number of carboxylic acids is 1. The van der Waals surface area contributed by atoms with Gasteiger partial charge in [-0.15, -0.1) is 0 Å². The number of nitrogens with zero attached hydrogens (tertiary/aromatic N) is 2. The molecule has 11 heteroatoms. The maximum Gasteiger partial charge on any atom is 0.335 e. The summed E-state index contributed by atoms with van der Waals surface area (Å²) in [5.74, 6) is -1.01. The van der Waals surface area contributed by atoms with E-state index in [4.69, 9.17) is 27.6 Å². The van der Waals surface area contributed by atoms with Gasteiger partial charge in [0, 0.05) is 18.1 Å². The van der Waals surface area contributed by atoms with Crippen molar-refractivity contribution >= 4 is 50.8 Å². The summed E-state index contributed by atoms with van der Waals surface area (Å²) in [6, 6.07) is 19.8. The lowest BCUT2D eigenvalue weighted by Crippen LogP contribution is -2.34. The summed E-state index contributed by atoms with van der Waals surface area (Å²) >= 11 is 12.6. The average Bonchev–Trinajstić information content (AvgIpc) is 3.43. The van der Waals surface area contributed by atoms with Crippen LogP contribution in [0.3, 0.4) is 0 Å². The molecule has 0 saturated carbocycles. The summed E-state index contributed by atoms with van der Waals surface area (Å²) in [4.78, 5) is 26.3. The second-order valence-corrected chi connectivity index (χ2v) is 11.2. The number of rotatable bonds is 10. The minimum Gasteiger partial charge on any atom is -0.478 e. The molecule has 4 aromatic rings. The van der Waals surface area contributed by atoms with Crippen LogP contribution in [0.4, 0.5) is 5.69 Å². The molecule has 0 spiro atoms. The van der Waals surface area contributed by atoms with Gasteiger partial charge in [0.15, 0.2) is 0 Å². The van der Waals surface area contributed by atoms with Gasteiger partial charge in [0.1, 0.15) is 5.76 Å². The van der Waals surface area contributed by atoms with E-state index in [1.807, 2.05) is 0 Å². The molecule has 39 heavy (non-hydrogen) atoms. The Morgan fingerprint density at radius 2 is 1.64 bits per heavy atom. The number of amides is 1. The molecule has 0 bridgehead atoms. The summed E-state index contributed by atoms with van der Waals surface area (Å²) in [5.41, 5.74) is 1.05. The van der Waals surface area contributed by atoms with E-state index < -0.39 is 16.0 Å². The second kappa shape index (κ2) is 11.9. The Morgan fingerprint density at radius 3 is 2.26 bits per heavy atom. The van der Waals surface area contributed by atoms with E-state index in [9.17, 15) is 23.1 Å².